The molecule has 1 N–H and O–H groups in total. The van der Waals surface area contributed by atoms with Gasteiger partial charge in [0.25, 0.3) is 0 Å². The van der Waals surface area contributed by atoms with Crippen molar-refractivity contribution in [2.75, 3.05) is 16.8 Å². The number of fused-ring (bicyclic) bond motifs is 2. The first-order chi connectivity index (χ1) is 12.2. The van der Waals surface area contributed by atoms with Gasteiger partial charge in [0.15, 0.2) is 0 Å². The number of thiophene rings is 1. The Bertz CT molecular complexity index is 864. The number of nitrogens with zero attached hydrogens (tertiary/aromatic N) is 2. The molecule has 0 saturated heterocycles. The smallest absolute Gasteiger partial charge is 0.244 e. The minimum atomic E-state index is -0.0417. The molecule has 4 rings (SSSR count). The van der Waals surface area contributed by atoms with Crippen LogP contribution < -0.4 is 10.2 Å². The van der Waals surface area contributed by atoms with Crippen LogP contribution in [0.15, 0.2) is 24.3 Å². The third-order valence-electron chi connectivity index (χ3n) is 5.26. The Kier molecular flexibility index (Phi) is 4.22. The van der Waals surface area contributed by atoms with Gasteiger partial charge in [0.05, 0.1) is 12.1 Å². The zero-order valence-electron chi connectivity index (χ0n) is 14.3. The summed E-state index contributed by atoms with van der Waals surface area (Å²) in [6.45, 7) is 2.50. The normalized spacial score (nSPS) is 18.4. The molecular weight excluding hydrogens is 330 g/mol. The molecule has 1 aromatic heterocycles. The van der Waals surface area contributed by atoms with Crippen molar-refractivity contribution in [1.29, 1.82) is 5.26 Å². The van der Waals surface area contributed by atoms with E-state index in [9.17, 15) is 10.1 Å². The second-order valence-corrected chi connectivity index (χ2v) is 7.97. The third kappa shape index (κ3) is 2.91. The molecule has 1 aliphatic heterocycles. The number of hydrogen-bond acceptors (Lipinski definition) is 4. The molecule has 0 radical (unpaired) electrons. The molecule has 2 heterocycles. The molecule has 4 nitrogen and oxygen atoms in total. The number of benzene rings is 1. The van der Waals surface area contributed by atoms with Crippen molar-refractivity contribution in [2.45, 2.75) is 45.1 Å². The summed E-state index contributed by atoms with van der Waals surface area (Å²) in [4.78, 5) is 16.1. The van der Waals surface area contributed by atoms with Crippen LogP contribution in [0.5, 0.6) is 0 Å². The molecule has 1 amide bonds. The van der Waals surface area contributed by atoms with Gasteiger partial charge >= 0.3 is 0 Å². The van der Waals surface area contributed by atoms with Gasteiger partial charge in [-0.05, 0) is 56.2 Å². The van der Waals surface area contributed by atoms with E-state index in [1.807, 2.05) is 6.07 Å². The number of aryl methyl sites for hydroxylation is 2. The molecule has 2 aliphatic rings. The van der Waals surface area contributed by atoms with Crippen LogP contribution in [0.25, 0.3) is 0 Å². The van der Waals surface area contributed by atoms with Gasteiger partial charge in [-0.25, -0.2) is 0 Å². The van der Waals surface area contributed by atoms with E-state index in [4.69, 9.17) is 0 Å². The Hall–Kier alpha value is -2.32. The monoisotopic (exact) mass is 351 g/mol. The molecule has 1 aromatic carbocycles. The number of rotatable bonds is 3. The summed E-state index contributed by atoms with van der Waals surface area (Å²) < 4.78 is 0. The van der Waals surface area contributed by atoms with Gasteiger partial charge in [0, 0.05) is 16.6 Å². The lowest BCUT2D eigenvalue weighted by Crippen LogP contribution is -2.42. The minimum Gasteiger partial charge on any atom is -0.359 e. The van der Waals surface area contributed by atoms with Crippen LogP contribution in [0.4, 0.5) is 10.7 Å². The van der Waals surface area contributed by atoms with Crippen molar-refractivity contribution in [2.24, 2.45) is 0 Å². The Morgan fingerprint density at radius 3 is 3.04 bits per heavy atom. The van der Waals surface area contributed by atoms with E-state index < -0.39 is 0 Å². The lowest BCUT2D eigenvalue weighted by molar-refractivity contribution is -0.115. The molecule has 1 atom stereocenters. The van der Waals surface area contributed by atoms with Crippen LogP contribution in [0, 0.1) is 11.3 Å². The molecule has 25 heavy (non-hydrogen) atoms. The summed E-state index contributed by atoms with van der Waals surface area (Å²) in [6, 6.07) is 10.9. The maximum absolute atomic E-state index is 12.7. The van der Waals surface area contributed by atoms with Crippen LogP contribution in [0.2, 0.25) is 0 Å². The molecule has 0 bridgehead atoms. The molecule has 0 saturated carbocycles. The van der Waals surface area contributed by atoms with Crippen molar-refractivity contribution >= 4 is 27.9 Å². The number of carbonyl (C=O) groups excluding carboxylic acids is 1. The van der Waals surface area contributed by atoms with E-state index in [-0.39, 0.29) is 5.91 Å². The Balaban J connectivity index is 1.53. The highest BCUT2D eigenvalue weighted by Gasteiger charge is 2.26. The lowest BCUT2D eigenvalue weighted by atomic mass is 9.96. The molecular formula is C20H21N3OS. The molecule has 1 unspecified atom stereocenters. The average Bonchev–Trinajstić information content (AvgIpc) is 3.18. The van der Waals surface area contributed by atoms with Gasteiger partial charge in [-0.3, -0.25) is 4.79 Å². The predicted octanol–water partition coefficient (Wildman–Crippen LogP) is 3.89. The number of nitrogens with one attached hydrogen (secondary N) is 1. The fraction of sp³-hybridized carbons (Fsp3) is 0.400. The van der Waals surface area contributed by atoms with Crippen molar-refractivity contribution in [3.8, 4) is 6.07 Å². The van der Waals surface area contributed by atoms with E-state index in [1.165, 1.54) is 10.4 Å². The summed E-state index contributed by atoms with van der Waals surface area (Å²) >= 11 is 1.58. The van der Waals surface area contributed by atoms with E-state index in [0.29, 0.717) is 18.2 Å². The number of amides is 1. The van der Waals surface area contributed by atoms with Crippen molar-refractivity contribution in [1.82, 2.24) is 0 Å². The Labute approximate surface area is 152 Å². The van der Waals surface area contributed by atoms with Crippen molar-refractivity contribution in [3.05, 3.63) is 45.8 Å². The van der Waals surface area contributed by atoms with Gasteiger partial charge in [0.1, 0.15) is 11.1 Å². The molecule has 1 aliphatic carbocycles. The van der Waals surface area contributed by atoms with Crippen LogP contribution >= 0.6 is 11.3 Å². The van der Waals surface area contributed by atoms with Crippen LogP contribution in [0.1, 0.15) is 41.3 Å². The quantitative estimate of drug-likeness (QED) is 0.913. The summed E-state index contributed by atoms with van der Waals surface area (Å²) in [5.41, 5.74) is 4.30. The van der Waals surface area contributed by atoms with Gasteiger partial charge in [-0.15, -0.1) is 11.3 Å². The Morgan fingerprint density at radius 1 is 1.36 bits per heavy atom. The van der Waals surface area contributed by atoms with E-state index in [0.717, 1.165) is 48.4 Å². The summed E-state index contributed by atoms with van der Waals surface area (Å²) in [5, 5.41) is 13.2. The first-order valence-electron chi connectivity index (χ1n) is 8.86. The van der Waals surface area contributed by atoms with E-state index >= 15 is 0 Å². The largest absolute Gasteiger partial charge is 0.359 e. The topological polar surface area (TPSA) is 56.1 Å². The van der Waals surface area contributed by atoms with Crippen LogP contribution in [0.3, 0.4) is 0 Å². The molecule has 0 spiro atoms. The minimum absolute atomic E-state index is 0.0417. The summed E-state index contributed by atoms with van der Waals surface area (Å²) in [7, 11) is 0. The third-order valence-corrected chi connectivity index (χ3v) is 6.47. The van der Waals surface area contributed by atoms with Gasteiger partial charge < -0.3 is 10.2 Å². The molecule has 0 fully saturated rings. The molecule has 2 aromatic rings. The number of hydrogen-bond donors (Lipinski definition) is 1. The van der Waals surface area contributed by atoms with Crippen LogP contribution in [-0.4, -0.2) is 18.5 Å². The summed E-state index contributed by atoms with van der Waals surface area (Å²) in [5.74, 6) is -0.0417. The van der Waals surface area contributed by atoms with Crippen molar-refractivity contribution in [3.63, 3.8) is 0 Å². The standard InChI is InChI=1S/C20H21N3OS/c1-13-9-10-14-5-2-3-7-17(14)23(13)12-19(24)22-20-16(11-21)15-6-4-8-18(15)25-20/h2-3,5,7,13H,4,6,8-10,12H2,1H3,(H,22,24). The highest BCUT2D eigenvalue weighted by Crippen LogP contribution is 2.38. The predicted molar refractivity (Wildman–Crippen MR) is 101 cm³/mol. The lowest BCUT2D eigenvalue weighted by Gasteiger charge is -2.36. The van der Waals surface area contributed by atoms with Gasteiger partial charge in [-0.1, -0.05) is 18.2 Å². The average molecular weight is 351 g/mol. The highest BCUT2D eigenvalue weighted by molar-refractivity contribution is 7.16. The number of nitriles is 1. The van der Waals surface area contributed by atoms with Crippen LogP contribution in [-0.2, 0) is 24.1 Å². The second kappa shape index (κ2) is 6.53. The van der Waals surface area contributed by atoms with Gasteiger partial charge in [0.2, 0.25) is 5.91 Å². The van der Waals surface area contributed by atoms with Crippen molar-refractivity contribution < 1.29 is 4.79 Å². The maximum Gasteiger partial charge on any atom is 0.244 e. The first kappa shape index (κ1) is 16.2. The highest BCUT2D eigenvalue weighted by atomic mass is 32.1. The van der Waals surface area contributed by atoms with E-state index in [1.54, 1.807) is 11.3 Å². The second-order valence-electron chi connectivity index (χ2n) is 6.87. The van der Waals surface area contributed by atoms with Gasteiger partial charge in [-0.2, -0.15) is 5.26 Å². The zero-order valence-corrected chi connectivity index (χ0v) is 15.2. The maximum atomic E-state index is 12.7. The molecule has 5 heteroatoms. The SMILES string of the molecule is CC1CCc2ccccc2N1CC(=O)Nc1sc2c(c1C#N)CCC2. The number of para-hydroxylation sites is 1. The fourth-order valence-electron chi connectivity index (χ4n) is 3.93. The van der Waals surface area contributed by atoms with E-state index in [2.05, 4.69) is 41.4 Å². The Morgan fingerprint density at radius 2 is 2.20 bits per heavy atom. The zero-order chi connectivity index (χ0) is 17.4. The summed E-state index contributed by atoms with van der Waals surface area (Å²) in [6.07, 6.45) is 5.22. The molecule has 128 valence electrons. The number of carbonyl (C=O) groups is 1. The number of anilines is 2. The first-order valence-corrected chi connectivity index (χ1v) is 9.68. The fourth-order valence-corrected chi connectivity index (χ4v) is 5.19.